The molecule has 0 aromatic rings. The molecule has 0 aromatic heterocycles. The molecule has 0 aliphatic rings. The van der Waals surface area contributed by atoms with Gasteiger partial charge in [0.15, 0.2) is 5.84 Å². The van der Waals surface area contributed by atoms with Crippen molar-refractivity contribution < 1.29 is 14.7 Å². The van der Waals surface area contributed by atoms with Crippen molar-refractivity contribution in [3.63, 3.8) is 0 Å². The van der Waals surface area contributed by atoms with Gasteiger partial charge in [0, 0.05) is 13.2 Å². The van der Waals surface area contributed by atoms with Crippen LogP contribution in [0.15, 0.2) is 5.16 Å². The molecule has 0 saturated carbocycles. The van der Waals surface area contributed by atoms with E-state index in [1.54, 1.807) is 6.92 Å². The lowest BCUT2D eigenvalue weighted by atomic mass is 10.1. The third-order valence-electron chi connectivity index (χ3n) is 1.95. The van der Waals surface area contributed by atoms with Gasteiger partial charge in [0.25, 0.3) is 0 Å². The largest absolute Gasteiger partial charge is 0.409 e. The predicted molar refractivity (Wildman–Crippen MR) is 56.7 cm³/mol. The van der Waals surface area contributed by atoms with Crippen molar-refractivity contribution in [2.24, 2.45) is 16.8 Å². The normalized spacial score (nSPS) is 13.6. The van der Waals surface area contributed by atoms with Crippen LogP contribution in [0, 0.1) is 5.92 Å². The number of rotatable bonds is 7. The molecular formula is C9H19N3O3. The molecule has 4 N–H and O–H groups in total. The third kappa shape index (κ3) is 5.21. The van der Waals surface area contributed by atoms with E-state index in [9.17, 15) is 4.79 Å². The average Bonchev–Trinajstić information content (AvgIpc) is 2.25. The van der Waals surface area contributed by atoms with E-state index in [-0.39, 0.29) is 11.7 Å². The Hall–Kier alpha value is -1.30. The Labute approximate surface area is 89.5 Å². The Morgan fingerprint density at radius 2 is 2.27 bits per heavy atom. The Bertz CT molecular complexity index is 219. The molecule has 0 bridgehead atoms. The number of carbonyl (C=O) groups is 1. The summed E-state index contributed by atoms with van der Waals surface area (Å²) in [6.45, 7) is 5.20. The van der Waals surface area contributed by atoms with Crippen LogP contribution in [0.5, 0.6) is 0 Å². The quantitative estimate of drug-likeness (QED) is 0.182. The molecule has 15 heavy (non-hydrogen) atoms. The van der Waals surface area contributed by atoms with Gasteiger partial charge in [-0.25, -0.2) is 0 Å². The van der Waals surface area contributed by atoms with Crippen molar-refractivity contribution in [2.75, 3.05) is 19.8 Å². The van der Waals surface area contributed by atoms with Gasteiger partial charge in [-0.05, 0) is 13.3 Å². The summed E-state index contributed by atoms with van der Waals surface area (Å²) < 4.78 is 5.06. The molecule has 0 fully saturated rings. The number of nitrogens with zero attached hydrogens (tertiary/aromatic N) is 1. The van der Waals surface area contributed by atoms with Crippen LogP contribution in [0.4, 0.5) is 0 Å². The molecule has 0 heterocycles. The highest BCUT2D eigenvalue weighted by Gasteiger charge is 2.20. The van der Waals surface area contributed by atoms with Crippen molar-refractivity contribution in [3.05, 3.63) is 0 Å². The highest BCUT2D eigenvalue weighted by Crippen LogP contribution is 2.02. The maximum atomic E-state index is 11.5. The van der Waals surface area contributed by atoms with E-state index in [1.165, 1.54) is 0 Å². The molecule has 0 radical (unpaired) electrons. The van der Waals surface area contributed by atoms with Gasteiger partial charge in [-0.15, -0.1) is 0 Å². The third-order valence-corrected chi connectivity index (χ3v) is 1.95. The summed E-state index contributed by atoms with van der Waals surface area (Å²) in [5.74, 6) is -0.879. The summed E-state index contributed by atoms with van der Waals surface area (Å²) in [7, 11) is 0. The molecule has 0 spiro atoms. The van der Waals surface area contributed by atoms with E-state index < -0.39 is 5.92 Å². The fraction of sp³-hybridized carbons (Fsp3) is 0.778. The number of ether oxygens (including phenoxy) is 1. The first-order valence-corrected chi connectivity index (χ1v) is 5.00. The van der Waals surface area contributed by atoms with Crippen molar-refractivity contribution in [3.8, 4) is 0 Å². The summed E-state index contributed by atoms with van der Waals surface area (Å²) in [6, 6.07) is 0. The number of hydrogen-bond acceptors (Lipinski definition) is 4. The summed E-state index contributed by atoms with van der Waals surface area (Å²) in [6.07, 6.45) is 0.496. The first-order valence-electron chi connectivity index (χ1n) is 5.00. The minimum absolute atomic E-state index is 0.0635. The second-order valence-corrected chi connectivity index (χ2v) is 2.97. The minimum Gasteiger partial charge on any atom is -0.409 e. The lowest BCUT2D eigenvalue weighted by Gasteiger charge is -2.13. The zero-order valence-corrected chi connectivity index (χ0v) is 9.19. The summed E-state index contributed by atoms with van der Waals surface area (Å²) >= 11 is 0. The van der Waals surface area contributed by atoms with Crippen LogP contribution in [-0.2, 0) is 9.53 Å². The first-order chi connectivity index (χ1) is 7.17. The first kappa shape index (κ1) is 13.7. The summed E-state index contributed by atoms with van der Waals surface area (Å²) in [4.78, 5) is 11.5. The molecule has 0 rings (SSSR count). The predicted octanol–water partition coefficient (Wildman–Crippen LogP) is -0.0883. The number of amides is 1. The number of nitrogens with two attached hydrogens (primary N) is 1. The molecular weight excluding hydrogens is 198 g/mol. The van der Waals surface area contributed by atoms with Gasteiger partial charge in [-0.1, -0.05) is 12.1 Å². The van der Waals surface area contributed by atoms with E-state index in [1.807, 2.05) is 6.92 Å². The van der Waals surface area contributed by atoms with Gasteiger partial charge in [0.05, 0.1) is 12.5 Å². The Kier molecular flexibility index (Phi) is 7.35. The van der Waals surface area contributed by atoms with Gasteiger partial charge >= 0.3 is 0 Å². The van der Waals surface area contributed by atoms with E-state index in [4.69, 9.17) is 15.7 Å². The zero-order chi connectivity index (χ0) is 11.7. The molecule has 6 heteroatoms. The van der Waals surface area contributed by atoms with E-state index in [0.717, 1.165) is 0 Å². The number of hydrogen-bond donors (Lipinski definition) is 3. The van der Waals surface area contributed by atoms with E-state index in [2.05, 4.69) is 10.5 Å². The average molecular weight is 217 g/mol. The molecule has 1 atom stereocenters. The van der Waals surface area contributed by atoms with Crippen LogP contribution in [0.2, 0.25) is 0 Å². The highest BCUT2D eigenvalue weighted by molar-refractivity contribution is 6.01. The molecule has 1 amide bonds. The van der Waals surface area contributed by atoms with Gasteiger partial charge in [-0.2, -0.15) is 0 Å². The number of carbonyl (C=O) groups excluding carboxylic acids is 1. The monoisotopic (exact) mass is 217 g/mol. The van der Waals surface area contributed by atoms with Crippen LogP contribution < -0.4 is 11.1 Å². The van der Waals surface area contributed by atoms with Crippen molar-refractivity contribution in [1.29, 1.82) is 0 Å². The standard InChI is InChI=1S/C9H19N3O3/c1-3-7(8(10)12-14)9(13)11-5-6-15-4-2/h7,14H,3-6H2,1-2H3,(H2,10,12)(H,11,13). The van der Waals surface area contributed by atoms with Crippen LogP contribution >= 0.6 is 0 Å². The van der Waals surface area contributed by atoms with E-state index in [0.29, 0.717) is 26.2 Å². The van der Waals surface area contributed by atoms with Crippen LogP contribution in [0.25, 0.3) is 0 Å². The molecule has 0 saturated heterocycles. The number of oxime groups is 1. The smallest absolute Gasteiger partial charge is 0.230 e. The van der Waals surface area contributed by atoms with Crippen LogP contribution in [0.1, 0.15) is 20.3 Å². The number of nitrogens with one attached hydrogen (secondary N) is 1. The molecule has 6 nitrogen and oxygen atoms in total. The Balaban J connectivity index is 3.95. The van der Waals surface area contributed by atoms with Crippen molar-refractivity contribution >= 4 is 11.7 Å². The summed E-state index contributed by atoms with van der Waals surface area (Å²) in [5.41, 5.74) is 5.37. The minimum atomic E-state index is -0.573. The highest BCUT2D eigenvalue weighted by atomic mass is 16.5. The van der Waals surface area contributed by atoms with E-state index >= 15 is 0 Å². The van der Waals surface area contributed by atoms with Crippen molar-refractivity contribution in [2.45, 2.75) is 20.3 Å². The molecule has 0 aromatic carbocycles. The van der Waals surface area contributed by atoms with Gasteiger partial charge in [0.2, 0.25) is 5.91 Å². The Morgan fingerprint density at radius 1 is 1.60 bits per heavy atom. The second kappa shape index (κ2) is 8.05. The molecule has 0 aliphatic heterocycles. The topological polar surface area (TPSA) is 96.9 Å². The van der Waals surface area contributed by atoms with Crippen LogP contribution in [0.3, 0.4) is 0 Å². The number of amidine groups is 1. The molecule has 88 valence electrons. The molecule has 1 unspecified atom stereocenters. The molecule has 0 aliphatic carbocycles. The second-order valence-electron chi connectivity index (χ2n) is 2.97. The van der Waals surface area contributed by atoms with Crippen LogP contribution in [-0.4, -0.2) is 36.7 Å². The van der Waals surface area contributed by atoms with Gasteiger partial charge in [0.1, 0.15) is 0 Å². The Morgan fingerprint density at radius 3 is 2.73 bits per heavy atom. The lowest BCUT2D eigenvalue weighted by Crippen LogP contribution is -2.39. The fourth-order valence-corrected chi connectivity index (χ4v) is 1.11. The fourth-order valence-electron chi connectivity index (χ4n) is 1.11. The zero-order valence-electron chi connectivity index (χ0n) is 9.19. The van der Waals surface area contributed by atoms with Gasteiger partial charge < -0.3 is 21.0 Å². The van der Waals surface area contributed by atoms with Gasteiger partial charge in [-0.3, -0.25) is 4.79 Å². The SMILES string of the molecule is CCOCCNC(=O)C(CC)C(N)=NO. The van der Waals surface area contributed by atoms with Crippen molar-refractivity contribution in [1.82, 2.24) is 5.32 Å². The summed E-state index contributed by atoms with van der Waals surface area (Å²) in [5, 5.41) is 13.9. The lowest BCUT2D eigenvalue weighted by molar-refractivity contribution is -0.123. The maximum Gasteiger partial charge on any atom is 0.230 e. The maximum absolute atomic E-state index is 11.5.